The minimum absolute atomic E-state index is 0.128. The van der Waals surface area contributed by atoms with Gasteiger partial charge in [0.25, 0.3) is 0 Å². The van der Waals surface area contributed by atoms with Gasteiger partial charge in [-0.3, -0.25) is 0 Å². The fourth-order valence-electron chi connectivity index (χ4n) is 1.33. The van der Waals surface area contributed by atoms with Crippen LogP contribution in [-0.4, -0.2) is 33.9 Å². The monoisotopic (exact) mass is 288 g/mol. The average molecular weight is 289 g/mol. The Balaban J connectivity index is 2.89. The summed E-state index contributed by atoms with van der Waals surface area (Å²) in [7, 11) is 0. The van der Waals surface area contributed by atoms with Crippen molar-refractivity contribution in [3.05, 3.63) is 22.3 Å². The Kier molecular flexibility index (Phi) is 4.70. The summed E-state index contributed by atoms with van der Waals surface area (Å²) in [4.78, 5) is 4.32. The number of aliphatic hydroxyl groups excluding tert-OH is 2. The normalized spacial score (nSPS) is 11.6. The second kappa shape index (κ2) is 5.61. The second-order valence-corrected chi connectivity index (χ2v) is 4.69. The molecule has 3 N–H and O–H groups in total. The molecule has 0 unspecified atom stereocenters. The van der Waals surface area contributed by atoms with E-state index in [0.29, 0.717) is 12.2 Å². The van der Waals surface area contributed by atoms with Crippen LogP contribution in [0.15, 0.2) is 16.6 Å². The molecule has 0 aliphatic rings. The molecule has 16 heavy (non-hydrogen) atoms. The second-order valence-electron chi connectivity index (χ2n) is 3.84. The maximum absolute atomic E-state index is 9.30. The first-order chi connectivity index (χ1) is 7.56. The molecular weight excluding hydrogens is 272 g/mol. The van der Waals surface area contributed by atoms with E-state index >= 15 is 0 Å². The topological polar surface area (TPSA) is 65.4 Å². The molecule has 5 heteroatoms. The number of rotatable bonds is 5. The van der Waals surface area contributed by atoms with Crippen LogP contribution in [0.3, 0.4) is 0 Å². The minimum atomic E-state index is -0.701. The summed E-state index contributed by atoms with van der Waals surface area (Å²) in [6, 6.07) is 3.70. The zero-order valence-electron chi connectivity index (χ0n) is 9.50. The van der Waals surface area contributed by atoms with Gasteiger partial charge in [0.2, 0.25) is 0 Å². The Hall–Kier alpha value is -0.650. The lowest BCUT2D eigenvalue weighted by molar-refractivity contribution is 0.132. The fourth-order valence-corrected chi connectivity index (χ4v) is 1.55. The maximum Gasteiger partial charge on any atom is 0.126 e. The SMILES string of the molecule is CCC(CO)(CO)Nc1ccc(Br)c(C)n1. The highest BCUT2D eigenvalue weighted by Gasteiger charge is 2.26. The quantitative estimate of drug-likeness (QED) is 0.772. The summed E-state index contributed by atoms with van der Waals surface area (Å²) in [5.74, 6) is 0.658. The van der Waals surface area contributed by atoms with Gasteiger partial charge in [0, 0.05) is 4.47 Å². The molecule has 0 amide bonds. The van der Waals surface area contributed by atoms with E-state index < -0.39 is 5.54 Å². The van der Waals surface area contributed by atoms with E-state index in [-0.39, 0.29) is 13.2 Å². The number of hydrogen-bond acceptors (Lipinski definition) is 4. The largest absolute Gasteiger partial charge is 0.394 e. The lowest BCUT2D eigenvalue weighted by Crippen LogP contribution is -2.45. The molecule has 1 aromatic heterocycles. The molecule has 0 saturated heterocycles. The molecule has 0 aliphatic carbocycles. The van der Waals surface area contributed by atoms with Crippen molar-refractivity contribution in [3.8, 4) is 0 Å². The van der Waals surface area contributed by atoms with E-state index in [2.05, 4.69) is 26.2 Å². The van der Waals surface area contributed by atoms with Gasteiger partial charge in [-0.15, -0.1) is 0 Å². The van der Waals surface area contributed by atoms with Gasteiger partial charge in [0.15, 0.2) is 0 Å². The van der Waals surface area contributed by atoms with E-state index in [1.807, 2.05) is 26.0 Å². The van der Waals surface area contributed by atoms with Gasteiger partial charge in [-0.1, -0.05) is 6.92 Å². The lowest BCUT2D eigenvalue weighted by Gasteiger charge is -2.30. The molecule has 90 valence electrons. The van der Waals surface area contributed by atoms with Crippen LogP contribution in [0.25, 0.3) is 0 Å². The van der Waals surface area contributed by atoms with Crippen molar-refractivity contribution >= 4 is 21.7 Å². The van der Waals surface area contributed by atoms with E-state index in [0.717, 1.165) is 10.2 Å². The Morgan fingerprint density at radius 1 is 1.38 bits per heavy atom. The van der Waals surface area contributed by atoms with Gasteiger partial charge in [-0.05, 0) is 41.4 Å². The summed E-state index contributed by atoms with van der Waals surface area (Å²) < 4.78 is 0.938. The van der Waals surface area contributed by atoms with Crippen LogP contribution in [-0.2, 0) is 0 Å². The van der Waals surface area contributed by atoms with Crippen molar-refractivity contribution < 1.29 is 10.2 Å². The van der Waals surface area contributed by atoms with E-state index in [1.165, 1.54) is 0 Å². The average Bonchev–Trinajstić information content (AvgIpc) is 2.31. The van der Waals surface area contributed by atoms with Crippen molar-refractivity contribution in [1.29, 1.82) is 0 Å². The Morgan fingerprint density at radius 2 is 2.00 bits per heavy atom. The van der Waals surface area contributed by atoms with Crippen LogP contribution >= 0.6 is 15.9 Å². The van der Waals surface area contributed by atoms with E-state index in [1.54, 1.807) is 0 Å². The number of pyridine rings is 1. The third-order valence-electron chi connectivity index (χ3n) is 2.70. The summed E-state index contributed by atoms with van der Waals surface area (Å²) in [6.45, 7) is 3.54. The highest BCUT2D eigenvalue weighted by molar-refractivity contribution is 9.10. The van der Waals surface area contributed by atoms with Crippen LogP contribution < -0.4 is 5.32 Å². The Labute approximate surface area is 104 Å². The molecule has 0 aliphatic heterocycles. The van der Waals surface area contributed by atoms with Crippen LogP contribution in [0, 0.1) is 6.92 Å². The van der Waals surface area contributed by atoms with Crippen molar-refractivity contribution in [1.82, 2.24) is 4.98 Å². The number of hydrogen-bond donors (Lipinski definition) is 3. The lowest BCUT2D eigenvalue weighted by atomic mass is 9.98. The van der Waals surface area contributed by atoms with Crippen molar-refractivity contribution in [3.63, 3.8) is 0 Å². The first-order valence-electron chi connectivity index (χ1n) is 5.20. The van der Waals surface area contributed by atoms with Crippen molar-refractivity contribution in [2.45, 2.75) is 25.8 Å². The smallest absolute Gasteiger partial charge is 0.126 e. The summed E-state index contributed by atoms with van der Waals surface area (Å²) in [5, 5.41) is 21.7. The van der Waals surface area contributed by atoms with E-state index in [9.17, 15) is 10.2 Å². The molecule has 1 heterocycles. The molecule has 1 aromatic rings. The molecule has 0 aromatic carbocycles. The molecular formula is C11H17BrN2O2. The molecule has 0 radical (unpaired) electrons. The highest BCUT2D eigenvalue weighted by Crippen LogP contribution is 2.20. The molecule has 1 rings (SSSR count). The highest BCUT2D eigenvalue weighted by atomic mass is 79.9. The molecule has 0 atom stereocenters. The van der Waals surface area contributed by atoms with Gasteiger partial charge in [-0.2, -0.15) is 0 Å². The van der Waals surface area contributed by atoms with Gasteiger partial charge in [0.05, 0.1) is 24.4 Å². The van der Waals surface area contributed by atoms with Gasteiger partial charge < -0.3 is 15.5 Å². The molecule has 0 spiro atoms. The van der Waals surface area contributed by atoms with Crippen LogP contribution in [0.5, 0.6) is 0 Å². The Bertz CT molecular complexity index is 346. The van der Waals surface area contributed by atoms with Crippen LogP contribution in [0.4, 0.5) is 5.82 Å². The summed E-state index contributed by atoms with van der Waals surface area (Å²) in [5.41, 5.74) is 0.165. The molecule has 0 saturated carbocycles. The fraction of sp³-hybridized carbons (Fsp3) is 0.545. The first-order valence-corrected chi connectivity index (χ1v) is 5.99. The molecule has 4 nitrogen and oxygen atoms in total. The number of aromatic nitrogens is 1. The first kappa shape index (κ1) is 13.4. The zero-order chi connectivity index (χ0) is 12.2. The maximum atomic E-state index is 9.30. The minimum Gasteiger partial charge on any atom is -0.394 e. The predicted molar refractivity (Wildman–Crippen MR) is 67.5 cm³/mol. The van der Waals surface area contributed by atoms with Crippen molar-refractivity contribution in [2.24, 2.45) is 0 Å². The predicted octanol–water partition coefficient (Wildman–Crippen LogP) is 1.70. The zero-order valence-corrected chi connectivity index (χ0v) is 11.1. The number of aryl methyl sites for hydroxylation is 1. The molecule has 0 bridgehead atoms. The summed E-state index contributed by atoms with van der Waals surface area (Å²) in [6.07, 6.45) is 0.622. The standard InChI is InChI=1S/C11H17BrN2O2/c1-3-11(6-15,7-16)14-10-5-4-9(12)8(2)13-10/h4-5,15-16H,3,6-7H2,1-2H3,(H,13,14). The van der Waals surface area contributed by atoms with Crippen molar-refractivity contribution in [2.75, 3.05) is 18.5 Å². The third-order valence-corrected chi connectivity index (χ3v) is 3.53. The van der Waals surface area contributed by atoms with Gasteiger partial charge in [0.1, 0.15) is 5.82 Å². The molecule has 0 fully saturated rings. The van der Waals surface area contributed by atoms with Gasteiger partial charge >= 0.3 is 0 Å². The number of aliphatic hydroxyl groups is 2. The van der Waals surface area contributed by atoms with Crippen LogP contribution in [0.1, 0.15) is 19.0 Å². The third kappa shape index (κ3) is 2.93. The Morgan fingerprint density at radius 3 is 2.44 bits per heavy atom. The summed E-state index contributed by atoms with van der Waals surface area (Å²) >= 11 is 3.37. The number of halogens is 1. The number of nitrogens with zero attached hydrogens (tertiary/aromatic N) is 1. The van der Waals surface area contributed by atoms with E-state index in [4.69, 9.17) is 0 Å². The number of anilines is 1. The number of nitrogens with one attached hydrogen (secondary N) is 1. The van der Waals surface area contributed by atoms with Gasteiger partial charge in [-0.25, -0.2) is 4.98 Å². The van der Waals surface area contributed by atoms with Crippen LogP contribution in [0.2, 0.25) is 0 Å².